The second kappa shape index (κ2) is 3.30. The molecule has 0 radical (unpaired) electrons. The minimum Gasteiger partial charge on any atom is -0.227 e. The van der Waals surface area contributed by atoms with Crippen LogP contribution in [0.4, 0.5) is 4.39 Å². The number of nitrogens with zero attached hydrogens (tertiary/aromatic N) is 1. The SMILES string of the molecule is Fc1cc(CCl)c(Br)cn1. The Balaban J connectivity index is 3.09. The van der Waals surface area contributed by atoms with Crippen LogP contribution in [-0.2, 0) is 5.88 Å². The van der Waals surface area contributed by atoms with Gasteiger partial charge in [0.15, 0.2) is 0 Å². The van der Waals surface area contributed by atoms with Crippen LogP contribution in [0.2, 0.25) is 0 Å². The van der Waals surface area contributed by atoms with Crippen LogP contribution in [0.3, 0.4) is 0 Å². The van der Waals surface area contributed by atoms with Gasteiger partial charge in [-0.15, -0.1) is 11.6 Å². The lowest BCUT2D eigenvalue weighted by Crippen LogP contribution is -1.86. The number of rotatable bonds is 1. The molecular formula is C6H4BrClFN. The van der Waals surface area contributed by atoms with E-state index in [2.05, 4.69) is 20.9 Å². The van der Waals surface area contributed by atoms with Crippen molar-refractivity contribution in [2.75, 3.05) is 0 Å². The van der Waals surface area contributed by atoms with Crippen molar-refractivity contribution in [3.8, 4) is 0 Å². The molecule has 0 amide bonds. The van der Waals surface area contributed by atoms with Gasteiger partial charge in [-0.05, 0) is 27.6 Å². The molecule has 0 atom stereocenters. The number of pyridine rings is 1. The largest absolute Gasteiger partial charge is 0.227 e. The number of aromatic nitrogens is 1. The molecule has 54 valence electrons. The summed E-state index contributed by atoms with van der Waals surface area (Å²) in [7, 11) is 0. The van der Waals surface area contributed by atoms with Gasteiger partial charge in [0.2, 0.25) is 5.95 Å². The van der Waals surface area contributed by atoms with Crippen molar-refractivity contribution in [1.82, 2.24) is 4.98 Å². The first-order chi connectivity index (χ1) is 4.74. The Morgan fingerprint density at radius 2 is 2.40 bits per heavy atom. The Hall–Kier alpha value is -0.150. The number of hydrogen-bond donors (Lipinski definition) is 0. The highest BCUT2D eigenvalue weighted by atomic mass is 79.9. The Kier molecular flexibility index (Phi) is 2.63. The minimum absolute atomic E-state index is 0.292. The molecule has 0 fully saturated rings. The van der Waals surface area contributed by atoms with Crippen molar-refractivity contribution in [1.29, 1.82) is 0 Å². The topological polar surface area (TPSA) is 12.9 Å². The van der Waals surface area contributed by atoms with Crippen LogP contribution in [0.5, 0.6) is 0 Å². The number of hydrogen-bond acceptors (Lipinski definition) is 1. The normalized spacial score (nSPS) is 9.90. The molecule has 0 saturated carbocycles. The minimum atomic E-state index is -0.501. The lowest BCUT2D eigenvalue weighted by molar-refractivity contribution is 0.581. The summed E-state index contributed by atoms with van der Waals surface area (Å²) in [4.78, 5) is 3.42. The predicted octanol–water partition coefficient (Wildman–Crippen LogP) is 2.72. The van der Waals surface area contributed by atoms with E-state index in [1.807, 2.05) is 0 Å². The molecule has 0 N–H and O–H groups in total. The van der Waals surface area contributed by atoms with Crippen molar-refractivity contribution in [3.63, 3.8) is 0 Å². The highest BCUT2D eigenvalue weighted by Gasteiger charge is 1.99. The Morgan fingerprint density at radius 3 is 2.90 bits per heavy atom. The summed E-state index contributed by atoms with van der Waals surface area (Å²) < 4.78 is 13.1. The Morgan fingerprint density at radius 1 is 1.70 bits per heavy atom. The second-order valence-electron chi connectivity index (χ2n) is 1.73. The third kappa shape index (κ3) is 1.67. The molecule has 1 aromatic rings. The molecule has 0 saturated heterocycles. The quantitative estimate of drug-likeness (QED) is 0.528. The molecule has 0 aliphatic carbocycles. The monoisotopic (exact) mass is 223 g/mol. The van der Waals surface area contributed by atoms with E-state index in [9.17, 15) is 4.39 Å². The summed E-state index contributed by atoms with van der Waals surface area (Å²) in [5.74, 6) is -0.209. The van der Waals surface area contributed by atoms with Gasteiger partial charge in [0, 0.05) is 16.5 Å². The summed E-state index contributed by atoms with van der Waals surface area (Å²) in [6.07, 6.45) is 1.40. The fourth-order valence-corrected chi connectivity index (χ4v) is 1.29. The second-order valence-corrected chi connectivity index (χ2v) is 2.85. The molecule has 0 aromatic carbocycles. The van der Waals surface area contributed by atoms with Gasteiger partial charge >= 0.3 is 0 Å². The van der Waals surface area contributed by atoms with Gasteiger partial charge in [0.1, 0.15) is 0 Å². The van der Waals surface area contributed by atoms with Crippen LogP contribution in [0.15, 0.2) is 16.7 Å². The van der Waals surface area contributed by atoms with E-state index < -0.39 is 5.95 Å². The summed E-state index contributed by atoms with van der Waals surface area (Å²) in [6.45, 7) is 0. The highest BCUT2D eigenvalue weighted by Crippen LogP contribution is 2.17. The van der Waals surface area contributed by atoms with Crippen molar-refractivity contribution < 1.29 is 4.39 Å². The van der Waals surface area contributed by atoms with Crippen LogP contribution in [0, 0.1) is 5.95 Å². The van der Waals surface area contributed by atoms with Crippen LogP contribution < -0.4 is 0 Å². The van der Waals surface area contributed by atoms with E-state index in [4.69, 9.17) is 11.6 Å². The van der Waals surface area contributed by atoms with E-state index in [0.717, 1.165) is 4.47 Å². The van der Waals surface area contributed by atoms with E-state index in [1.165, 1.54) is 12.3 Å². The molecule has 0 aliphatic heterocycles. The van der Waals surface area contributed by atoms with Crippen molar-refractivity contribution in [2.45, 2.75) is 5.88 Å². The first-order valence-electron chi connectivity index (χ1n) is 2.60. The average Bonchev–Trinajstić information content (AvgIpc) is 1.94. The van der Waals surface area contributed by atoms with E-state index >= 15 is 0 Å². The molecule has 1 nitrogen and oxygen atoms in total. The highest BCUT2D eigenvalue weighted by molar-refractivity contribution is 9.10. The first-order valence-corrected chi connectivity index (χ1v) is 3.92. The zero-order valence-electron chi connectivity index (χ0n) is 4.94. The first kappa shape index (κ1) is 7.95. The summed E-state index contributed by atoms with van der Waals surface area (Å²) in [5.41, 5.74) is 0.717. The standard InChI is InChI=1S/C6H4BrClFN/c7-5-3-10-6(9)1-4(5)2-8/h1,3H,2H2. The molecule has 0 bridgehead atoms. The molecular weight excluding hydrogens is 220 g/mol. The van der Waals surface area contributed by atoms with Gasteiger partial charge in [-0.1, -0.05) is 0 Å². The van der Waals surface area contributed by atoms with E-state index in [-0.39, 0.29) is 0 Å². The molecule has 1 heterocycles. The zero-order chi connectivity index (χ0) is 7.56. The maximum Gasteiger partial charge on any atom is 0.213 e. The molecule has 1 aromatic heterocycles. The molecule has 0 unspecified atom stereocenters. The maximum atomic E-state index is 12.3. The van der Waals surface area contributed by atoms with Crippen molar-refractivity contribution >= 4 is 27.5 Å². The van der Waals surface area contributed by atoms with Crippen molar-refractivity contribution in [3.05, 3.63) is 28.2 Å². The van der Waals surface area contributed by atoms with Crippen LogP contribution in [-0.4, -0.2) is 4.98 Å². The van der Waals surface area contributed by atoms with Gasteiger partial charge in [0.25, 0.3) is 0 Å². The predicted molar refractivity (Wildman–Crippen MR) is 41.5 cm³/mol. The Labute approximate surface area is 71.4 Å². The third-order valence-electron chi connectivity index (χ3n) is 1.05. The molecule has 4 heteroatoms. The number of halogens is 3. The summed E-state index contributed by atoms with van der Waals surface area (Å²) in [6, 6.07) is 1.30. The van der Waals surface area contributed by atoms with Gasteiger partial charge < -0.3 is 0 Å². The summed E-state index contributed by atoms with van der Waals surface area (Å²) in [5, 5.41) is 0. The van der Waals surface area contributed by atoms with Crippen LogP contribution in [0.25, 0.3) is 0 Å². The zero-order valence-corrected chi connectivity index (χ0v) is 7.28. The third-order valence-corrected chi connectivity index (χ3v) is 2.05. The van der Waals surface area contributed by atoms with Gasteiger partial charge in [-0.3, -0.25) is 0 Å². The van der Waals surface area contributed by atoms with E-state index in [0.29, 0.717) is 11.4 Å². The van der Waals surface area contributed by atoms with Gasteiger partial charge in [0.05, 0.1) is 0 Å². The molecule has 10 heavy (non-hydrogen) atoms. The van der Waals surface area contributed by atoms with Crippen molar-refractivity contribution in [2.24, 2.45) is 0 Å². The molecule has 0 aliphatic rings. The van der Waals surface area contributed by atoms with Gasteiger partial charge in [-0.25, -0.2) is 4.98 Å². The fraction of sp³-hybridized carbons (Fsp3) is 0.167. The fourth-order valence-electron chi connectivity index (χ4n) is 0.554. The average molecular weight is 224 g/mol. The molecule has 1 rings (SSSR count). The lowest BCUT2D eigenvalue weighted by atomic mass is 10.3. The van der Waals surface area contributed by atoms with Crippen LogP contribution in [0.1, 0.15) is 5.56 Å². The van der Waals surface area contributed by atoms with Gasteiger partial charge in [-0.2, -0.15) is 4.39 Å². The smallest absolute Gasteiger partial charge is 0.213 e. The maximum absolute atomic E-state index is 12.3. The Bertz CT molecular complexity index is 241. The van der Waals surface area contributed by atoms with Crippen LogP contribution >= 0.6 is 27.5 Å². The number of alkyl halides is 1. The summed E-state index contributed by atoms with van der Waals surface area (Å²) >= 11 is 8.66. The lowest BCUT2D eigenvalue weighted by Gasteiger charge is -1.96. The molecule has 0 spiro atoms. The van der Waals surface area contributed by atoms with E-state index in [1.54, 1.807) is 0 Å².